The van der Waals surface area contributed by atoms with Crippen molar-refractivity contribution < 1.29 is 14.2 Å². The first-order chi connectivity index (χ1) is 8.12. The molecule has 0 saturated heterocycles. The van der Waals surface area contributed by atoms with E-state index in [2.05, 4.69) is 5.92 Å². The molecule has 0 amide bonds. The quantitative estimate of drug-likeness (QED) is 0.441. The molecule has 0 aromatic heterocycles. The molecule has 5 heteroatoms. The SMILES string of the molecule is C#CCOCC(CN)P(=O)(O)c1ccccc1. The summed E-state index contributed by atoms with van der Waals surface area (Å²) in [5.74, 6) is 2.30. The number of hydrogen-bond acceptors (Lipinski definition) is 3. The van der Waals surface area contributed by atoms with Gasteiger partial charge in [0.25, 0.3) is 0 Å². The van der Waals surface area contributed by atoms with Crippen molar-refractivity contribution in [1.29, 1.82) is 0 Å². The molecule has 1 rings (SSSR count). The van der Waals surface area contributed by atoms with Gasteiger partial charge in [0, 0.05) is 11.8 Å². The first-order valence-electron chi connectivity index (χ1n) is 5.22. The first-order valence-corrected chi connectivity index (χ1v) is 6.95. The van der Waals surface area contributed by atoms with E-state index < -0.39 is 13.0 Å². The van der Waals surface area contributed by atoms with Crippen LogP contribution in [-0.2, 0) is 9.30 Å². The minimum atomic E-state index is -3.51. The maximum atomic E-state index is 12.3. The van der Waals surface area contributed by atoms with Crippen LogP contribution >= 0.6 is 7.37 Å². The Morgan fingerprint density at radius 2 is 2.12 bits per heavy atom. The van der Waals surface area contributed by atoms with Gasteiger partial charge in [0.05, 0.1) is 12.3 Å². The van der Waals surface area contributed by atoms with E-state index in [-0.39, 0.29) is 19.8 Å². The fraction of sp³-hybridized carbons (Fsp3) is 0.333. The number of hydrogen-bond donors (Lipinski definition) is 2. The van der Waals surface area contributed by atoms with Gasteiger partial charge < -0.3 is 15.4 Å². The third kappa shape index (κ3) is 3.69. The molecule has 4 nitrogen and oxygen atoms in total. The highest BCUT2D eigenvalue weighted by Gasteiger charge is 2.31. The minimum absolute atomic E-state index is 0.0766. The van der Waals surface area contributed by atoms with Gasteiger partial charge in [-0.15, -0.1) is 6.42 Å². The molecule has 1 aromatic carbocycles. The molecular formula is C12H16NO3P. The summed E-state index contributed by atoms with van der Waals surface area (Å²) in [5.41, 5.74) is 4.89. The van der Waals surface area contributed by atoms with Crippen LogP contribution in [0.1, 0.15) is 0 Å². The van der Waals surface area contributed by atoms with Crippen molar-refractivity contribution in [3.63, 3.8) is 0 Å². The molecule has 0 radical (unpaired) electrons. The Bertz CT molecular complexity index is 427. The van der Waals surface area contributed by atoms with E-state index in [1.54, 1.807) is 30.3 Å². The van der Waals surface area contributed by atoms with E-state index >= 15 is 0 Å². The number of benzene rings is 1. The van der Waals surface area contributed by atoms with Crippen molar-refractivity contribution in [3.05, 3.63) is 30.3 Å². The summed E-state index contributed by atoms with van der Waals surface area (Å²) >= 11 is 0. The van der Waals surface area contributed by atoms with Crippen molar-refractivity contribution in [2.75, 3.05) is 19.8 Å². The van der Waals surface area contributed by atoms with Gasteiger partial charge >= 0.3 is 0 Å². The van der Waals surface area contributed by atoms with Crippen LogP contribution in [0, 0.1) is 12.3 Å². The summed E-state index contributed by atoms with van der Waals surface area (Å²) in [6.45, 7) is 0.280. The van der Waals surface area contributed by atoms with Gasteiger partial charge in [0.1, 0.15) is 6.61 Å². The normalized spacial score (nSPS) is 15.8. The van der Waals surface area contributed by atoms with Crippen LogP contribution < -0.4 is 11.0 Å². The molecule has 92 valence electrons. The summed E-state index contributed by atoms with van der Waals surface area (Å²) in [6.07, 6.45) is 5.04. The monoisotopic (exact) mass is 253 g/mol. The van der Waals surface area contributed by atoms with Gasteiger partial charge in [-0.2, -0.15) is 0 Å². The zero-order valence-corrected chi connectivity index (χ0v) is 10.3. The Balaban J connectivity index is 2.80. The molecule has 0 spiro atoms. The highest BCUT2D eigenvalue weighted by molar-refractivity contribution is 7.66. The van der Waals surface area contributed by atoms with Gasteiger partial charge in [0.15, 0.2) is 0 Å². The summed E-state index contributed by atoms with van der Waals surface area (Å²) in [5, 5.41) is 0.389. The minimum Gasteiger partial charge on any atom is -0.368 e. The lowest BCUT2D eigenvalue weighted by Crippen LogP contribution is -2.30. The smallest absolute Gasteiger partial charge is 0.236 e. The topological polar surface area (TPSA) is 72.5 Å². The van der Waals surface area contributed by atoms with Crippen molar-refractivity contribution in [2.24, 2.45) is 5.73 Å². The second-order valence-corrected chi connectivity index (χ2v) is 6.06. The predicted molar refractivity (Wildman–Crippen MR) is 68.4 cm³/mol. The van der Waals surface area contributed by atoms with E-state index in [0.29, 0.717) is 5.30 Å². The zero-order chi connectivity index (χ0) is 12.7. The van der Waals surface area contributed by atoms with E-state index in [1.807, 2.05) is 0 Å². The maximum absolute atomic E-state index is 12.3. The molecule has 1 aromatic rings. The second kappa shape index (κ2) is 6.58. The van der Waals surface area contributed by atoms with Crippen LogP contribution in [0.2, 0.25) is 0 Å². The van der Waals surface area contributed by atoms with Crippen molar-refractivity contribution in [1.82, 2.24) is 0 Å². The van der Waals surface area contributed by atoms with E-state index in [4.69, 9.17) is 16.9 Å². The van der Waals surface area contributed by atoms with Crippen LogP contribution in [0.5, 0.6) is 0 Å². The van der Waals surface area contributed by atoms with Crippen LogP contribution in [0.15, 0.2) is 30.3 Å². The van der Waals surface area contributed by atoms with E-state index in [9.17, 15) is 9.46 Å². The van der Waals surface area contributed by atoms with Gasteiger partial charge in [-0.25, -0.2) is 0 Å². The molecule has 3 N–H and O–H groups in total. The maximum Gasteiger partial charge on any atom is 0.236 e. The molecule has 0 aliphatic carbocycles. The van der Waals surface area contributed by atoms with Gasteiger partial charge in [-0.1, -0.05) is 24.1 Å². The Labute approximate surface area is 101 Å². The third-order valence-corrected chi connectivity index (χ3v) is 4.78. The van der Waals surface area contributed by atoms with Crippen LogP contribution in [0.3, 0.4) is 0 Å². The average Bonchev–Trinajstić information content (AvgIpc) is 2.35. The van der Waals surface area contributed by atoms with Gasteiger partial charge in [-0.05, 0) is 12.1 Å². The zero-order valence-electron chi connectivity index (χ0n) is 9.45. The molecule has 2 atom stereocenters. The first kappa shape index (κ1) is 14.0. The molecule has 2 unspecified atom stereocenters. The number of terminal acetylenes is 1. The molecule has 0 saturated carbocycles. The second-order valence-electron chi connectivity index (χ2n) is 3.57. The number of rotatable bonds is 6. The molecule has 0 heterocycles. The van der Waals surface area contributed by atoms with Crippen LogP contribution in [0.25, 0.3) is 0 Å². The van der Waals surface area contributed by atoms with Crippen molar-refractivity contribution >= 4 is 12.7 Å². The van der Waals surface area contributed by atoms with Crippen LogP contribution in [-0.4, -0.2) is 30.3 Å². The number of nitrogens with two attached hydrogens (primary N) is 1. The van der Waals surface area contributed by atoms with Crippen molar-refractivity contribution in [3.8, 4) is 12.3 Å². The fourth-order valence-corrected chi connectivity index (χ4v) is 3.03. The Morgan fingerprint density at radius 3 is 2.65 bits per heavy atom. The highest BCUT2D eigenvalue weighted by atomic mass is 31.2. The van der Waals surface area contributed by atoms with Crippen LogP contribution in [0.4, 0.5) is 0 Å². The molecular weight excluding hydrogens is 237 g/mol. The van der Waals surface area contributed by atoms with Gasteiger partial charge in [0.2, 0.25) is 7.37 Å². The van der Waals surface area contributed by atoms with E-state index in [0.717, 1.165) is 0 Å². The lowest BCUT2D eigenvalue weighted by Gasteiger charge is -2.21. The largest absolute Gasteiger partial charge is 0.368 e. The molecule has 0 aliphatic rings. The summed E-state index contributed by atoms with van der Waals surface area (Å²) in [6, 6.07) is 8.45. The Morgan fingerprint density at radius 1 is 1.47 bits per heavy atom. The third-order valence-electron chi connectivity index (χ3n) is 2.39. The molecule has 0 fully saturated rings. The predicted octanol–water partition coefficient (Wildman–Crippen LogP) is 0.559. The molecule has 0 aliphatic heterocycles. The molecule has 0 bridgehead atoms. The lowest BCUT2D eigenvalue weighted by molar-refractivity contribution is 0.165. The fourth-order valence-electron chi connectivity index (χ4n) is 1.42. The molecule has 17 heavy (non-hydrogen) atoms. The highest BCUT2D eigenvalue weighted by Crippen LogP contribution is 2.44. The summed E-state index contributed by atoms with van der Waals surface area (Å²) in [4.78, 5) is 10.1. The van der Waals surface area contributed by atoms with Gasteiger partial charge in [-0.3, -0.25) is 4.57 Å². The van der Waals surface area contributed by atoms with E-state index in [1.165, 1.54) is 0 Å². The Hall–Kier alpha value is -1.11. The standard InChI is InChI=1S/C12H16NO3P/c1-2-8-16-10-12(9-13)17(14,15)11-6-4-3-5-7-11/h1,3-7,12H,8-10,13H2,(H,14,15). The Kier molecular flexibility index (Phi) is 5.40. The summed E-state index contributed by atoms with van der Waals surface area (Å²) < 4.78 is 17.4. The van der Waals surface area contributed by atoms with Crippen molar-refractivity contribution in [2.45, 2.75) is 5.66 Å². The average molecular weight is 253 g/mol. The lowest BCUT2D eigenvalue weighted by atomic mass is 10.4. The summed E-state index contributed by atoms with van der Waals surface area (Å²) in [7, 11) is -3.51. The number of ether oxygens (including phenoxy) is 1.